The van der Waals surface area contributed by atoms with E-state index in [9.17, 15) is 4.79 Å². The third-order valence-corrected chi connectivity index (χ3v) is 4.00. The van der Waals surface area contributed by atoms with E-state index < -0.39 is 0 Å². The molecule has 0 aromatic heterocycles. The number of ether oxygens (including phenoxy) is 2. The van der Waals surface area contributed by atoms with Crippen molar-refractivity contribution in [2.24, 2.45) is 11.7 Å². The second kappa shape index (κ2) is 9.25. The van der Waals surface area contributed by atoms with Gasteiger partial charge in [0.25, 0.3) is 0 Å². The fourth-order valence-electron chi connectivity index (χ4n) is 2.61. The number of esters is 1. The first-order valence-electron chi connectivity index (χ1n) is 7.52. The molecule has 6 nitrogen and oxygen atoms in total. The minimum atomic E-state index is -0.209. The smallest absolute Gasteiger partial charge is 0.311 e. The van der Waals surface area contributed by atoms with Gasteiger partial charge in [-0.05, 0) is 49.4 Å². The first-order valence-corrected chi connectivity index (χ1v) is 7.52. The summed E-state index contributed by atoms with van der Waals surface area (Å²) in [6.45, 7) is 1.60. The van der Waals surface area contributed by atoms with Crippen LogP contribution in [-0.4, -0.2) is 37.0 Å². The van der Waals surface area contributed by atoms with Crippen LogP contribution in [0.2, 0.25) is 0 Å². The number of hydrogen-bond acceptors (Lipinski definition) is 4. The summed E-state index contributed by atoms with van der Waals surface area (Å²) < 4.78 is 10.4. The van der Waals surface area contributed by atoms with Gasteiger partial charge in [-0.3, -0.25) is 10.2 Å². The Bertz CT molecular complexity index is 514. The lowest BCUT2D eigenvalue weighted by atomic mass is 9.92. The van der Waals surface area contributed by atoms with Gasteiger partial charge in [-0.1, -0.05) is 0 Å². The minimum absolute atomic E-state index is 0. The molecule has 1 heterocycles. The third-order valence-electron chi connectivity index (χ3n) is 4.00. The normalized spacial score (nSPS) is 14.7. The Kier molecular flexibility index (Phi) is 7.68. The van der Waals surface area contributed by atoms with E-state index in [2.05, 4.69) is 0 Å². The molecular formula is C16H24ClN3O3. The van der Waals surface area contributed by atoms with Crippen LogP contribution in [0.1, 0.15) is 25.7 Å². The van der Waals surface area contributed by atoms with E-state index >= 15 is 0 Å². The predicted molar refractivity (Wildman–Crippen MR) is 91.3 cm³/mol. The maximum Gasteiger partial charge on any atom is 0.311 e. The van der Waals surface area contributed by atoms with Gasteiger partial charge in [0.15, 0.2) is 5.96 Å². The summed E-state index contributed by atoms with van der Waals surface area (Å²) in [6.07, 6.45) is 3.17. The average Bonchev–Trinajstić information content (AvgIpc) is 2.54. The van der Waals surface area contributed by atoms with Crippen molar-refractivity contribution in [3.63, 3.8) is 0 Å². The first-order chi connectivity index (χ1) is 10.6. The maximum atomic E-state index is 11.9. The molecule has 1 aliphatic rings. The van der Waals surface area contributed by atoms with Gasteiger partial charge in [0.2, 0.25) is 0 Å². The highest BCUT2D eigenvalue weighted by Gasteiger charge is 2.20. The van der Waals surface area contributed by atoms with Crippen molar-refractivity contribution in [2.45, 2.75) is 25.7 Å². The molecule has 0 unspecified atom stereocenters. The van der Waals surface area contributed by atoms with Crippen molar-refractivity contribution < 1.29 is 14.3 Å². The average molecular weight is 342 g/mol. The Hall–Kier alpha value is -1.95. The second-order valence-electron chi connectivity index (χ2n) is 5.50. The molecule has 3 N–H and O–H groups in total. The van der Waals surface area contributed by atoms with E-state index in [0.29, 0.717) is 18.1 Å². The van der Waals surface area contributed by atoms with Crippen LogP contribution in [0.15, 0.2) is 24.3 Å². The summed E-state index contributed by atoms with van der Waals surface area (Å²) in [5, 5.41) is 7.40. The Morgan fingerprint density at radius 1 is 1.26 bits per heavy atom. The number of piperidine rings is 1. The molecule has 2 rings (SSSR count). The highest BCUT2D eigenvalue weighted by atomic mass is 35.5. The zero-order valence-corrected chi connectivity index (χ0v) is 14.1. The van der Waals surface area contributed by atoms with Crippen LogP contribution in [0.5, 0.6) is 11.5 Å². The zero-order valence-electron chi connectivity index (χ0n) is 13.3. The number of carbonyl (C=O) groups excluding carboxylic acids is 1. The molecule has 0 bridgehead atoms. The standard InChI is InChI=1S/C16H23N3O3.ClH/c1-21-13-3-5-14(6-4-13)22-15(20)7-2-12-8-10-19(11-9-12)16(17)18;/h3-6,12H,2,7-11H2,1H3,(H3,17,18);1H. The SMILES string of the molecule is COc1ccc(OC(=O)CCC2CCN(C(=N)N)CC2)cc1.Cl. The molecule has 1 aliphatic heterocycles. The molecule has 0 atom stereocenters. The molecule has 0 aliphatic carbocycles. The summed E-state index contributed by atoms with van der Waals surface area (Å²) in [6, 6.07) is 6.98. The third kappa shape index (κ3) is 5.98. The Morgan fingerprint density at radius 3 is 2.35 bits per heavy atom. The summed E-state index contributed by atoms with van der Waals surface area (Å²) >= 11 is 0. The maximum absolute atomic E-state index is 11.9. The van der Waals surface area contributed by atoms with Gasteiger partial charge in [-0.2, -0.15) is 0 Å². The van der Waals surface area contributed by atoms with Gasteiger partial charge in [-0.15, -0.1) is 12.4 Å². The van der Waals surface area contributed by atoms with E-state index in [1.807, 2.05) is 4.90 Å². The lowest BCUT2D eigenvalue weighted by Crippen LogP contribution is -2.42. The number of nitrogens with zero attached hydrogens (tertiary/aromatic N) is 1. The molecular weight excluding hydrogens is 318 g/mol. The number of benzene rings is 1. The van der Waals surface area contributed by atoms with Gasteiger partial charge in [-0.25, -0.2) is 0 Å². The number of nitrogens with one attached hydrogen (secondary N) is 1. The summed E-state index contributed by atoms with van der Waals surface area (Å²) in [5.74, 6) is 1.70. The fraction of sp³-hybridized carbons (Fsp3) is 0.500. The van der Waals surface area contributed by atoms with Gasteiger partial charge in [0.05, 0.1) is 7.11 Å². The van der Waals surface area contributed by atoms with Crippen LogP contribution < -0.4 is 15.2 Å². The van der Waals surface area contributed by atoms with Crippen LogP contribution in [0.3, 0.4) is 0 Å². The van der Waals surface area contributed by atoms with Gasteiger partial charge >= 0.3 is 5.97 Å². The molecule has 1 saturated heterocycles. The molecule has 0 spiro atoms. The van der Waals surface area contributed by atoms with E-state index in [0.717, 1.165) is 38.1 Å². The number of methoxy groups -OCH3 is 1. The minimum Gasteiger partial charge on any atom is -0.497 e. The number of guanidine groups is 1. The van der Waals surface area contributed by atoms with Crippen LogP contribution >= 0.6 is 12.4 Å². The largest absolute Gasteiger partial charge is 0.497 e. The van der Waals surface area contributed by atoms with E-state index in [4.69, 9.17) is 20.6 Å². The Labute approximate surface area is 142 Å². The van der Waals surface area contributed by atoms with Crippen LogP contribution in [0.4, 0.5) is 0 Å². The van der Waals surface area contributed by atoms with E-state index in [-0.39, 0.29) is 24.3 Å². The molecule has 0 radical (unpaired) electrons. The van der Waals surface area contributed by atoms with Crippen LogP contribution in [0.25, 0.3) is 0 Å². The summed E-state index contributed by atoms with van der Waals surface area (Å²) in [4.78, 5) is 13.7. The number of rotatable bonds is 5. The van der Waals surface area contributed by atoms with E-state index in [1.165, 1.54) is 0 Å². The quantitative estimate of drug-likeness (QED) is 0.371. The molecule has 0 saturated carbocycles. The predicted octanol–water partition coefficient (Wildman–Crippen LogP) is 2.41. The topological polar surface area (TPSA) is 88.6 Å². The monoisotopic (exact) mass is 341 g/mol. The van der Waals surface area contributed by atoms with Crippen molar-refractivity contribution in [2.75, 3.05) is 20.2 Å². The van der Waals surface area contributed by atoms with Crippen LogP contribution in [0, 0.1) is 11.3 Å². The molecule has 1 aromatic carbocycles. The summed E-state index contributed by atoms with van der Waals surface area (Å²) in [7, 11) is 1.60. The number of nitrogens with two attached hydrogens (primary N) is 1. The van der Waals surface area contributed by atoms with E-state index in [1.54, 1.807) is 31.4 Å². The highest BCUT2D eigenvalue weighted by molar-refractivity contribution is 5.85. The summed E-state index contributed by atoms with van der Waals surface area (Å²) in [5.41, 5.74) is 5.47. The molecule has 23 heavy (non-hydrogen) atoms. The lowest BCUT2D eigenvalue weighted by molar-refractivity contribution is -0.134. The number of halogens is 1. The van der Waals surface area contributed by atoms with Crippen molar-refractivity contribution in [3.05, 3.63) is 24.3 Å². The van der Waals surface area contributed by atoms with Gasteiger partial charge < -0.3 is 20.1 Å². The highest BCUT2D eigenvalue weighted by Crippen LogP contribution is 2.23. The fourth-order valence-corrected chi connectivity index (χ4v) is 2.61. The molecule has 1 aromatic rings. The number of hydrogen-bond donors (Lipinski definition) is 2. The molecule has 1 fully saturated rings. The molecule has 128 valence electrons. The number of carbonyl (C=O) groups is 1. The van der Waals surface area contributed by atoms with Crippen LogP contribution in [-0.2, 0) is 4.79 Å². The van der Waals surface area contributed by atoms with Gasteiger partial charge in [0, 0.05) is 19.5 Å². The first kappa shape index (κ1) is 19.1. The van der Waals surface area contributed by atoms with Crippen molar-refractivity contribution in [1.82, 2.24) is 4.90 Å². The second-order valence-corrected chi connectivity index (χ2v) is 5.50. The Balaban J connectivity index is 0.00000264. The van der Waals surface area contributed by atoms with Crippen molar-refractivity contribution in [3.8, 4) is 11.5 Å². The van der Waals surface area contributed by atoms with Crippen molar-refractivity contribution >= 4 is 24.3 Å². The van der Waals surface area contributed by atoms with Gasteiger partial charge in [0.1, 0.15) is 11.5 Å². The lowest BCUT2D eigenvalue weighted by Gasteiger charge is -2.31. The van der Waals surface area contributed by atoms with Crippen molar-refractivity contribution in [1.29, 1.82) is 5.41 Å². The number of likely N-dealkylation sites (tertiary alicyclic amines) is 1. The Morgan fingerprint density at radius 2 is 1.83 bits per heavy atom. The zero-order chi connectivity index (χ0) is 15.9. The molecule has 0 amide bonds. The molecule has 7 heteroatoms.